The number of nitrogens with zero attached hydrogens (tertiary/aromatic N) is 2. The first-order valence-electron chi connectivity index (χ1n) is 8.27. The van der Waals surface area contributed by atoms with E-state index in [0.717, 1.165) is 30.6 Å². The fraction of sp³-hybridized carbons (Fsp3) is 0.375. The van der Waals surface area contributed by atoms with Gasteiger partial charge >= 0.3 is 0 Å². The Morgan fingerprint density at radius 1 is 1.25 bits per heavy atom. The zero-order chi connectivity index (χ0) is 15.1. The Labute approximate surface area is 121 Å². The fourth-order valence-electron chi connectivity index (χ4n) is 3.10. The number of rotatable bonds is 2. The molecule has 0 amide bonds. The molecule has 1 saturated heterocycles. The summed E-state index contributed by atoms with van der Waals surface area (Å²) in [4.78, 5) is 1.88. The topological polar surface area (TPSA) is 32.2 Å². The highest BCUT2D eigenvalue weighted by molar-refractivity contribution is 5.93. The normalized spacial score (nSPS) is 31.6. The Kier molecular flexibility index (Phi) is 2.49. The molecule has 0 aliphatic carbocycles. The highest BCUT2D eigenvalue weighted by Crippen LogP contribution is 2.31. The van der Waals surface area contributed by atoms with E-state index in [1.807, 2.05) is 23.2 Å². The van der Waals surface area contributed by atoms with Crippen molar-refractivity contribution in [1.29, 1.82) is 0 Å². The van der Waals surface area contributed by atoms with Gasteiger partial charge in [0.15, 0.2) is 0 Å². The third-order valence-electron chi connectivity index (χ3n) is 4.10. The third kappa shape index (κ3) is 1.92. The van der Waals surface area contributed by atoms with Gasteiger partial charge in [-0.15, -0.1) is 0 Å². The van der Waals surface area contributed by atoms with Crippen molar-refractivity contribution < 1.29 is 2.74 Å². The lowest BCUT2D eigenvalue weighted by Crippen LogP contribution is -2.34. The minimum absolute atomic E-state index is 0.507. The summed E-state index contributed by atoms with van der Waals surface area (Å²) in [5.74, 6) is 0. The molecule has 4 nitrogen and oxygen atoms in total. The number of nitrogens with one attached hydrogen (secondary N) is 2. The van der Waals surface area contributed by atoms with E-state index in [2.05, 4.69) is 33.5 Å². The second-order valence-electron chi connectivity index (χ2n) is 5.29. The van der Waals surface area contributed by atoms with Crippen LogP contribution >= 0.6 is 0 Å². The van der Waals surface area contributed by atoms with Crippen molar-refractivity contribution in [2.75, 3.05) is 31.2 Å². The number of anilines is 1. The highest BCUT2D eigenvalue weighted by Gasteiger charge is 2.19. The monoisotopic (exact) mass is 270 g/mol. The van der Waals surface area contributed by atoms with Gasteiger partial charge in [0.05, 0.1) is 19.2 Å². The molecule has 0 spiro atoms. The van der Waals surface area contributed by atoms with E-state index < -0.39 is 13.2 Å². The SMILES string of the molecule is [2H]C1C=CN(c2cccc3c2ccn3C2CCNC2)[C@@H]([2H])N1. The highest BCUT2D eigenvalue weighted by atomic mass is 15.2. The summed E-state index contributed by atoms with van der Waals surface area (Å²) in [6, 6.07) is 8.87. The van der Waals surface area contributed by atoms with Gasteiger partial charge in [-0.25, -0.2) is 0 Å². The second-order valence-corrected chi connectivity index (χ2v) is 5.29. The average molecular weight is 270 g/mol. The van der Waals surface area contributed by atoms with Gasteiger partial charge in [-0.05, 0) is 31.2 Å². The van der Waals surface area contributed by atoms with Crippen molar-refractivity contribution in [3.8, 4) is 0 Å². The molecule has 1 aromatic heterocycles. The van der Waals surface area contributed by atoms with Crippen LogP contribution in [-0.4, -0.2) is 30.8 Å². The van der Waals surface area contributed by atoms with Crippen LogP contribution in [0.3, 0.4) is 0 Å². The van der Waals surface area contributed by atoms with Gasteiger partial charge in [-0.1, -0.05) is 12.1 Å². The molecule has 2 unspecified atom stereocenters. The predicted molar refractivity (Wildman–Crippen MR) is 83.0 cm³/mol. The van der Waals surface area contributed by atoms with Crippen LogP contribution in [-0.2, 0) is 0 Å². The summed E-state index contributed by atoms with van der Waals surface area (Å²) in [7, 11) is 0. The van der Waals surface area contributed by atoms with E-state index >= 15 is 0 Å². The molecule has 1 fully saturated rings. The zero-order valence-electron chi connectivity index (χ0n) is 13.3. The van der Waals surface area contributed by atoms with Crippen LogP contribution in [0.2, 0.25) is 0 Å². The number of aromatic nitrogens is 1. The molecule has 104 valence electrons. The lowest BCUT2D eigenvalue weighted by molar-refractivity contribution is 0.565. The molecule has 1 aromatic carbocycles. The molecule has 20 heavy (non-hydrogen) atoms. The number of fused-ring (bicyclic) bond motifs is 1. The smallest absolute Gasteiger partial charge is 0.0728 e. The Balaban J connectivity index is 1.77. The lowest BCUT2D eigenvalue weighted by Gasteiger charge is -2.25. The maximum atomic E-state index is 8.17. The van der Waals surface area contributed by atoms with Gasteiger partial charge in [-0.3, -0.25) is 5.32 Å². The Morgan fingerprint density at radius 2 is 2.25 bits per heavy atom. The molecule has 4 rings (SSSR count). The molecule has 2 aliphatic heterocycles. The molecule has 3 heterocycles. The Morgan fingerprint density at radius 3 is 3.10 bits per heavy atom. The molecule has 3 atom stereocenters. The zero-order valence-corrected chi connectivity index (χ0v) is 11.3. The third-order valence-corrected chi connectivity index (χ3v) is 4.10. The summed E-state index contributed by atoms with van der Waals surface area (Å²) in [6.45, 7) is 0.949. The quantitative estimate of drug-likeness (QED) is 0.876. The lowest BCUT2D eigenvalue weighted by atomic mass is 10.2. The fourth-order valence-corrected chi connectivity index (χ4v) is 3.10. The number of benzene rings is 1. The van der Waals surface area contributed by atoms with E-state index in [1.165, 1.54) is 5.52 Å². The largest absolute Gasteiger partial charge is 0.343 e. The number of hydrogen-bond acceptors (Lipinski definition) is 3. The summed E-state index contributed by atoms with van der Waals surface area (Å²) >= 11 is 0. The van der Waals surface area contributed by atoms with E-state index in [1.54, 1.807) is 6.08 Å². The van der Waals surface area contributed by atoms with Gasteiger partial charge in [0, 0.05) is 38.3 Å². The van der Waals surface area contributed by atoms with E-state index in [9.17, 15) is 0 Å². The molecular weight excluding hydrogens is 248 g/mol. The van der Waals surface area contributed by atoms with Crippen molar-refractivity contribution in [1.82, 2.24) is 15.2 Å². The van der Waals surface area contributed by atoms with Crippen LogP contribution in [0.1, 0.15) is 15.2 Å². The molecule has 2 aliphatic rings. The standard InChI is InChI=1S/C16H20N4/c1-3-15(19-9-2-7-18-12-19)14-6-10-20(16(14)4-1)13-5-8-17-11-13/h1-4,6,9-10,13,17-18H,5,7-8,11-12H2/i7D,12D/t7?,12-,13?/m0/s1. The summed E-state index contributed by atoms with van der Waals surface area (Å²) < 4.78 is 18.2. The van der Waals surface area contributed by atoms with Crippen LogP contribution in [0.5, 0.6) is 0 Å². The minimum Gasteiger partial charge on any atom is -0.343 e. The summed E-state index contributed by atoms with van der Waals surface area (Å²) in [6.07, 6.45) is 6.91. The van der Waals surface area contributed by atoms with Crippen molar-refractivity contribution in [3.63, 3.8) is 0 Å². The van der Waals surface area contributed by atoms with E-state index in [-0.39, 0.29) is 0 Å². The first-order chi connectivity index (χ1) is 10.7. The van der Waals surface area contributed by atoms with Crippen LogP contribution in [0.4, 0.5) is 5.69 Å². The van der Waals surface area contributed by atoms with Gasteiger partial charge in [0.25, 0.3) is 0 Å². The molecule has 2 N–H and O–H groups in total. The van der Waals surface area contributed by atoms with Crippen LogP contribution in [0, 0.1) is 0 Å². The van der Waals surface area contributed by atoms with Gasteiger partial charge in [0.2, 0.25) is 0 Å². The van der Waals surface area contributed by atoms with Crippen molar-refractivity contribution in [2.24, 2.45) is 0 Å². The molecule has 0 bridgehead atoms. The molecule has 0 radical (unpaired) electrons. The number of hydrogen-bond donors (Lipinski definition) is 2. The maximum absolute atomic E-state index is 8.17. The Hall–Kier alpha value is -1.78. The van der Waals surface area contributed by atoms with Crippen molar-refractivity contribution in [3.05, 3.63) is 42.7 Å². The van der Waals surface area contributed by atoms with Gasteiger partial charge in [0.1, 0.15) is 0 Å². The van der Waals surface area contributed by atoms with Crippen LogP contribution in [0.15, 0.2) is 42.7 Å². The molecule has 2 aromatic rings. The maximum Gasteiger partial charge on any atom is 0.0728 e. The summed E-state index contributed by atoms with van der Waals surface area (Å²) in [5.41, 5.74) is 2.22. The van der Waals surface area contributed by atoms with E-state index in [4.69, 9.17) is 2.74 Å². The predicted octanol–water partition coefficient (Wildman–Crippen LogP) is 2.06. The molecule has 4 heteroatoms. The van der Waals surface area contributed by atoms with E-state index in [0.29, 0.717) is 6.04 Å². The molecular formula is C16H20N4. The van der Waals surface area contributed by atoms with Gasteiger partial charge < -0.3 is 14.8 Å². The first kappa shape index (κ1) is 10.0. The van der Waals surface area contributed by atoms with Crippen molar-refractivity contribution >= 4 is 16.6 Å². The second kappa shape index (κ2) is 4.96. The van der Waals surface area contributed by atoms with Crippen LogP contribution in [0.25, 0.3) is 10.9 Å². The average Bonchev–Trinajstić information content (AvgIpc) is 3.16. The summed E-state index contributed by atoms with van der Waals surface area (Å²) in [5, 5.41) is 7.48. The molecule has 0 saturated carbocycles. The van der Waals surface area contributed by atoms with Crippen molar-refractivity contribution in [2.45, 2.75) is 12.5 Å². The minimum atomic E-state index is -0.630. The van der Waals surface area contributed by atoms with Gasteiger partial charge in [-0.2, -0.15) is 0 Å². The first-order valence-corrected chi connectivity index (χ1v) is 7.11. The van der Waals surface area contributed by atoms with Crippen LogP contribution < -0.4 is 15.5 Å². The Bertz CT molecular complexity index is 705.